The Morgan fingerprint density at radius 1 is 1.41 bits per heavy atom. The highest BCUT2D eigenvalue weighted by molar-refractivity contribution is 6.16. The Hall–Kier alpha value is -1.65. The van der Waals surface area contributed by atoms with E-state index >= 15 is 0 Å². The highest BCUT2D eigenvalue weighted by atomic mass is 16.4. The zero-order chi connectivity index (χ0) is 13.4. The average Bonchev–Trinajstić information content (AvgIpc) is 2.54. The van der Waals surface area contributed by atoms with Crippen LogP contribution in [0, 0.1) is 5.92 Å². The molecule has 5 nitrogen and oxygen atoms in total. The molecule has 1 aliphatic rings. The fourth-order valence-electron chi connectivity index (χ4n) is 1.45. The van der Waals surface area contributed by atoms with E-state index in [-0.39, 0.29) is 17.4 Å². The van der Waals surface area contributed by atoms with Crippen LogP contribution in [0.1, 0.15) is 34.6 Å². The summed E-state index contributed by atoms with van der Waals surface area (Å²) >= 11 is 0. The first kappa shape index (κ1) is 13.4. The molecule has 17 heavy (non-hydrogen) atoms. The fraction of sp³-hybridized carbons (Fsp3) is 0.583. The van der Waals surface area contributed by atoms with E-state index in [1.54, 1.807) is 13.8 Å². The predicted octanol–water partition coefficient (Wildman–Crippen LogP) is 1.35. The minimum absolute atomic E-state index is 0.0536. The Balaban J connectivity index is 3.17. The van der Waals surface area contributed by atoms with Crippen molar-refractivity contribution in [1.29, 1.82) is 0 Å². The van der Waals surface area contributed by atoms with Crippen molar-refractivity contribution in [3.63, 3.8) is 0 Å². The topological polar surface area (TPSA) is 78.8 Å². The molecule has 1 rings (SSSR count). The number of aliphatic carboxylic acids is 1. The maximum Gasteiger partial charge on any atom is 0.331 e. The van der Waals surface area contributed by atoms with Crippen molar-refractivity contribution >= 4 is 17.7 Å². The van der Waals surface area contributed by atoms with Gasteiger partial charge < -0.3 is 10.4 Å². The van der Waals surface area contributed by atoms with Gasteiger partial charge in [-0.2, -0.15) is 0 Å². The first-order valence-electron chi connectivity index (χ1n) is 5.52. The van der Waals surface area contributed by atoms with Crippen molar-refractivity contribution in [3.05, 3.63) is 11.1 Å². The molecule has 0 bridgehead atoms. The second kappa shape index (κ2) is 4.31. The second-order valence-electron chi connectivity index (χ2n) is 4.77. The predicted molar refractivity (Wildman–Crippen MR) is 64.8 cm³/mol. The lowest BCUT2D eigenvalue weighted by Gasteiger charge is -2.21. The number of nitrogens with one attached hydrogen (secondary N) is 1. The van der Waals surface area contributed by atoms with E-state index in [1.807, 2.05) is 13.8 Å². The zero-order valence-corrected chi connectivity index (χ0v) is 10.8. The Morgan fingerprint density at radius 3 is 2.29 bits per heavy atom. The molecule has 0 saturated carbocycles. The number of aliphatic imine (C=N–C) groups is 1. The number of hydrogen-bond donors (Lipinski definition) is 2. The van der Waals surface area contributed by atoms with Crippen LogP contribution in [0.4, 0.5) is 0 Å². The van der Waals surface area contributed by atoms with Crippen molar-refractivity contribution < 1.29 is 14.7 Å². The Bertz CT molecular complexity index is 435. The summed E-state index contributed by atoms with van der Waals surface area (Å²) in [4.78, 5) is 27.0. The van der Waals surface area contributed by atoms with Gasteiger partial charge in [-0.1, -0.05) is 13.8 Å². The first-order chi connectivity index (χ1) is 7.70. The summed E-state index contributed by atoms with van der Waals surface area (Å²) < 4.78 is 0. The molecule has 1 unspecified atom stereocenters. The van der Waals surface area contributed by atoms with Crippen molar-refractivity contribution in [1.82, 2.24) is 5.32 Å². The van der Waals surface area contributed by atoms with Gasteiger partial charge in [-0.3, -0.25) is 9.79 Å². The summed E-state index contributed by atoms with van der Waals surface area (Å²) in [5, 5.41) is 11.5. The minimum atomic E-state index is -1.00. The van der Waals surface area contributed by atoms with Gasteiger partial charge in [0.15, 0.2) is 0 Å². The number of carbonyl (C=O) groups is 2. The van der Waals surface area contributed by atoms with Crippen molar-refractivity contribution in [2.75, 3.05) is 0 Å². The van der Waals surface area contributed by atoms with Crippen LogP contribution in [0.2, 0.25) is 0 Å². The van der Waals surface area contributed by atoms with Crippen LogP contribution in [0.25, 0.3) is 0 Å². The Labute approximate surface area is 101 Å². The quantitative estimate of drug-likeness (QED) is 0.728. The van der Waals surface area contributed by atoms with Crippen molar-refractivity contribution in [2.24, 2.45) is 10.9 Å². The lowest BCUT2D eigenvalue weighted by Crippen LogP contribution is -2.41. The standard InChI is InChI=1S/C12H18N2O3/c1-6(2)12(5)11(17)13-9(14-12)7(3)8(4)10(15)16/h6H,1-5H3,(H,15,16)(H,13,14,17)/b8-7+. The fourth-order valence-corrected chi connectivity index (χ4v) is 1.45. The monoisotopic (exact) mass is 238 g/mol. The van der Waals surface area contributed by atoms with Gasteiger partial charge in [-0.25, -0.2) is 4.79 Å². The number of amides is 1. The molecule has 1 atom stereocenters. The number of hydrogen-bond acceptors (Lipinski definition) is 3. The molecule has 1 heterocycles. The minimum Gasteiger partial charge on any atom is -0.478 e. The number of carboxylic acids is 1. The lowest BCUT2D eigenvalue weighted by molar-refractivity contribution is -0.132. The molecule has 0 aromatic carbocycles. The molecule has 0 radical (unpaired) electrons. The molecule has 0 aliphatic carbocycles. The summed E-state index contributed by atoms with van der Waals surface area (Å²) in [6.07, 6.45) is 0. The van der Waals surface area contributed by atoms with E-state index in [4.69, 9.17) is 5.11 Å². The van der Waals surface area contributed by atoms with E-state index in [1.165, 1.54) is 6.92 Å². The largest absolute Gasteiger partial charge is 0.478 e. The summed E-state index contributed by atoms with van der Waals surface area (Å²) in [7, 11) is 0. The van der Waals surface area contributed by atoms with Crippen molar-refractivity contribution in [2.45, 2.75) is 40.2 Å². The molecule has 0 aromatic rings. The average molecular weight is 238 g/mol. The molecule has 2 N–H and O–H groups in total. The maximum atomic E-state index is 11.8. The highest BCUT2D eigenvalue weighted by Crippen LogP contribution is 2.27. The number of rotatable bonds is 3. The molecule has 0 fully saturated rings. The van der Waals surface area contributed by atoms with Crippen LogP contribution in [0.15, 0.2) is 16.1 Å². The zero-order valence-electron chi connectivity index (χ0n) is 10.8. The van der Waals surface area contributed by atoms with Gasteiger partial charge in [-0.15, -0.1) is 0 Å². The number of carboxylic acid groups (broad SMARTS) is 1. The van der Waals surface area contributed by atoms with Gasteiger partial charge in [0.05, 0.1) is 0 Å². The molecule has 1 aliphatic heterocycles. The third kappa shape index (κ3) is 2.23. The van der Waals surface area contributed by atoms with Gasteiger partial charge in [0.25, 0.3) is 5.91 Å². The van der Waals surface area contributed by atoms with E-state index in [2.05, 4.69) is 10.3 Å². The van der Waals surface area contributed by atoms with Crippen LogP contribution in [-0.4, -0.2) is 28.4 Å². The van der Waals surface area contributed by atoms with Gasteiger partial charge in [0.2, 0.25) is 0 Å². The van der Waals surface area contributed by atoms with Gasteiger partial charge >= 0.3 is 5.97 Å². The number of nitrogens with zero attached hydrogens (tertiary/aromatic N) is 1. The van der Waals surface area contributed by atoms with Crippen LogP contribution in [-0.2, 0) is 9.59 Å². The lowest BCUT2D eigenvalue weighted by atomic mass is 9.89. The first-order valence-corrected chi connectivity index (χ1v) is 5.52. The summed E-state index contributed by atoms with van der Waals surface area (Å²) in [5.74, 6) is -0.762. The van der Waals surface area contributed by atoms with E-state index in [9.17, 15) is 9.59 Å². The molecule has 0 aromatic heterocycles. The van der Waals surface area contributed by atoms with Gasteiger partial charge in [-0.05, 0) is 26.7 Å². The summed E-state index contributed by atoms with van der Waals surface area (Å²) in [6, 6.07) is 0. The van der Waals surface area contributed by atoms with Gasteiger partial charge in [0, 0.05) is 11.1 Å². The molecule has 0 saturated heterocycles. The van der Waals surface area contributed by atoms with E-state index in [0.717, 1.165) is 0 Å². The second-order valence-corrected chi connectivity index (χ2v) is 4.77. The van der Waals surface area contributed by atoms with Crippen LogP contribution in [0.5, 0.6) is 0 Å². The molecular formula is C12H18N2O3. The van der Waals surface area contributed by atoms with E-state index in [0.29, 0.717) is 11.4 Å². The number of amidine groups is 1. The smallest absolute Gasteiger partial charge is 0.331 e. The molecule has 0 spiro atoms. The Morgan fingerprint density at radius 2 is 1.94 bits per heavy atom. The summed E-state index contributed by atoms with van der Waals surface area (Å²) in [5.41, 5.74) is -0.123. The third-order valence-electron chi connectivity index (χ3n) is 3.40. The van der Waals surface area contributed by atoms with Crippen LogP contribution in [0.3, 0.4) is 0 Å². The summed E-state index contributed by atoms with van der Waals surface area (Å²) in [6.45, 7) is 8.72. The third-order valence-corrected chi connectivity index (χ3v) is 3.40. The highest BCUT2D eigenvalue weighted by Gasteiger charge is 2.42. The van der Waals surface area contributed by atoms with Crippen LogP contribution < -0.4 is 5.32 Å². The molecule has 5 heteroatoms. The maximum absolute atomic E-state index is 11.8. The molecule has 1 amide bonds. The molecular weight excluding hydrogens is 220 g/mol. The van der Waals surface area contributed by atoms with Gasteiger partial charge in [0.1, 0.15) is 11.4 Å². The van der Waals surface area contributed by atoms with E-state index < -0.39 is 11.5 Å². The number of carbonyl (C=O) groups excluding carboxylic acids is 1. The molecule has 94 valence electrons. The normalized spacial score (nSPS) is 25.5. The van der Waals surface area contributed by atoms with Crippen LogP contribution >= 0.6 is 0 Å². The Kier molecular flexibility index (Phi) is 3.40. The van der Waals surface area contributed by atoms with Crippen molar-refractivity contribution in [3.8, 4) is 0 Å². The SMILES string of the molecule is C/C(C(=O)O)=C(/C)C1=NC(C)(C(C)C)C(=O)N1.